The van der Waals surface area contributed by atoms with Crippen LogP contribution in [0.3, 0.4) is 0 Å². The number of nitrogens with zero attached hydrogens (tertiary/aromatic N) is 4. The molecule has 1 aromatic rings. The zero-order chi connectivity index (χ0) is 26.3. The van der Waals surface area contributed by atoms with Crippen molar-refractivity contribution in [3.05, 3.63) is 28.8 Å². The Bertz CT molecular complexity index is 971. The Hall–Kier alpha value is -2.24. The molecule has 0 aliphatic carbocycles. The Balaban J connectivity index is 1.20. The lowest BCUT2D eigenvalue weighted by atomic mass is 9.94. The second-order valence-electron chi connectivity index (χ2n) is 10.0. The zero-order valence-electron chi connectivity index (χ0n) is 20.4. The van der Waals surface area contributed by atoms with Gasteiger partial charge in [0.15, 0.2) is 5.60 Å². The Morgan fingerprint density at radius 3 is 2.08 bits per heavy atom. The van der Waals surface area contributed by atoms with Gasteiger partial charge in [0.05, 0.1) is 35.9 Å². The number of carbonyl (C=O) groups is 2. The minimum Gasteiger partial charge on any atom is -0.378 e. The molecule has 0 radical (unpaired) electrons. The SMILES string of the molecule is CN(C)C(=O)c1ccc(N2CCC(OC3CCN(C(=O)N4CC(O)(C(F)(F)F)C4)CC3)CC2)cc1Cl. The number of alkyl halides is 3. The van der Waals surface area contributed by atoms with E-state index in [4.69, 9.17) is 16.3 Å². The zero-order valence-corrected chi connectivity index (χ0v) is 21.2. The van der Waals surface area contributed by atoms with Gasteiger partial charge < -0.3 is 29.4 Å². The number of ether oxygens (including phenoxy) is 1. The van der Waals surface area contributed by atoms with E-state index in [-0.39, 0.29) is 18.1 Å². The summed E-state index contributed by atoms with van der Waals surface area (Å²) in [7, 11) is 3.37. The first kappa shape index (κ1) is 26.8. The van der Waals surface area contributed by atoms with Crippen LogP contribution in [0.25, 0.3) is 0 Å². The van der Waals surface area contributed by atoms with Gasteiger partial charge in [-0.05, 0) is 43.9 Å². The molecular weight excluding hydrogens is 501 g/mol. The van der Waals surface area contributed by atoms with Crippen LogP contribution < -0.4 is 4.90 Å². The summed E-state index contributed by atoms with van der Waals surface area (Å²) in [5.41, 5.74) is -1.36. The quantitative estimate of drug-likeness (QED) is 0.644. The van der Waals surface area contributed by atoms with Crippen LogP contribution in [0.1, 0.15) is 36.0 Å². The summed E-state index contributed by atoms with van der Waals surface area (Å²) in [6.07, 6.45) is -1.73. The molecule has 0 unspecified atom stereocenters. The number of benzene rings is 1. The number of rotatable bonds is 4. The number of β-amino-alcohol motifs (C(OH)–C–C–N with tert-alkyl or cyclic N) is 1. The van der Waals surface area contributed by atoms with Crippen LogP contribution in [0.15, 0.2) is 18.2 Å². The van der Waals surface area contributed by atoms with Gasteiger partial charge in [-0.1, -0.05) is 11.6 Å². The number of carbonyl (C=O) groups excluding carboxylic acids is 2. The predicted octanol–water partition coefficient (Wildman–Crippen LogP) is 3.22. The molecule has 36 heavy (non-hydrogen) atoms. The van der Waals surface area contributed by atoms with E-state index in [1.807, 2.05) is 12.1 Å². The average Bonchev–Trinajstić information content (AvgIpc) is 2.81. The molecule has 3 saturated heterocycles. The first-order chi connectivity index (χ1) is 16.9. The Kier molecular flexibility index (Phi) is 7.64. The highest BCUT2D eigenvalue weighted by molar-refractivity contribution is 6.34. The molecular formula is C24H32ClF3N4O4. The molecule has 0 spiro atoms. The summed E-state index contributed by atoms with van der Waals surface area (Å²) in [6, 6.07) is 5.01. The molecule has 8 nitrogen and oxygen atoms in total. The molecule has 1 N–H and O–H groups in total. The number of halogens is 4. The van der Waals surface area contributed by atoms with Crippen LogP contribution in [0, 0.1) is 0 Å². The van der Waals surface area contributed by atoms with Crippen molar-refractivity contribution < 1.29 is 32.6 Å². The lowest BCUT2D eigenvalue weighted by Gasteiger charge is -2.48. The van der Waals surface area contributed by atoms with Gasteiger partial charge in [-0.3, -0.25) is 4.79 Å². The fourth-order valence-electron chi connectivity index (χ4n) is 4.92. The van der Waals surface area contributed by atoms with Crippen LogP contribution in [0.2, 0.25) is 5.02 Å². The molecule has 0 bridgehead atoms. The molecule has 12 heteroatoms. The highest BCUT2D eigenvalue weighted by atomic mass is 35.5. The molecule has 4 rings (SSSR count). The van der Waals surface area contributed by atoms with Crippen LogP contribution in [-0.4, -0.2) is 109 Å². The van der Waals surface area contributed by atoms with Gasteiger partial charge in [0, 0.05) is 46.0 Å². The van der Waals surface area contributed by atoms with Crippen molar-refractivity contribution in [1.82, 2.24) is 14.7 Å². The summed E-state index contributed by atoms with van der Waals surface area (Å²) in [5.74, 6) is -0.140. The first-order valence-corrected chi connectivity index (χ1v) is 12.5. The van der Waals surface area contributed by atoms with Crippen LogP contribution >= 0.6 is 11.6 Å². The largest absolute Gasteiger partial charge is 0.420 e. The highest BCUT2D eigenvalue weighted by Crippen LogP contribution is 2.38. The molecule has 200 valence electrons. The van der Waals surface area contributed by atoms with E-state index >= 15 is 0 Å². The van der Waals surface area contributed by atoms with Crippen molar-refractivity contribution in [3.63, 3.8) is 0 Å². The number of anilines is 1. The van der Waals surface area contributed by atoms with Gasteiger partial charge in [0.25, 0.3) is 5.91 Å². The molecule has 1 aromatic carbocycles. The Morgan fingerprint density at radius 2 is 1.58 bits per heavy atom. The predicted molar refractivity (Wildman–Crippen MR) is 128 cm³/mol. The third-order valence-corrected chi connectivity index (χ3v) is 7.51. The smallest absolute Gasteiger partial charge is 0.378 e. The maximum Gasteiger partial charge on any atom is 0.420 e. The van der Waals surface area contributed by atoms with Crippen molar-refractivity contribution in [2.24, 2.45) is 0 Å². The van der Waals surface area contributed by atoms with E-state index < -0.39 is 30.9 Å². The van der Waals surface area contributed by atoms with Crippen LogP contribution in [-0.2, 0) is 4.74 Å². The molecule has 0 saturated carbocycles. The molecule has 0 atom stereocenters. The molecule has 3 aliphatic heterocycles. The maximum atomic E-state index is 12.8. The van der Waals surface area contributed by atoms with E-state index in [1.165, 1.54) is 9.80 Å². The molecule has 3 aliphatic rings. The van der Waals surface area contributed by atoms with Crippen molar-refractivity contribution in [2.45, 2.75) is 49.7 Å². The monoisotopic (exact) mass is 532 g/mol. The van der Waals surface area contributed by atoms with Crippen molar-refractivity contribution in [2.75, 3.05) is 58.3 Å². The standard InChI is InChI=1S/C24H32ClF3N4O4/c1-29(2)21(33)19-4-3-16(13-20(19)25)30-9-5-17(6-10-30)36-18-7-11-31(12-8-18)22(34)32-14-23(35,15-32)24(26,27)28/h3-4,13,17-18,35H,5-12,14-15H2,1-2H3. The van der Waals surface area contributed by atoms with Gasteiger partial charge >= 0.3 is 12.2 Å². The summed E-state index contributed by atoms with van der Waals surface area (Å²) >= 11 is 6.35. The third-order valence-electron chi connectivity index (χ3n) is 7.20. The molecule has 3 fully saturated rings. The Labute approximate surface area is 213 Å². The number of piperidine rings is 2. The minimum atomic E-state index is -4.74. The fraction of sp³-hybridized carbons (Fsp3) is 0.667. The van der Waals surface area contributed by atoms with Gasteiger partial charge in [-0.15, -0.1) is 0 Å². The minimum absolute atomic E-state index is 0.000119. The molecule has 3 heterocycles. The highest BCUT2D eigenvalue weighted by Gasteiger charge is 2.62. The summed E-state index contributed by atoms with van der Waals surface area (Å²) in [6.45, 7) is 0.973. The van der Waals surface area contributed by atoms with E-state index in [0.717, 1.165) is 36.5 Å². The number of urea groups is 1. The summed E-state index contributed by atoms with van der Waals surface area (Å²) < 4.78 is 44.7. The van der Waals surface area contributed by atoms with E-state index in [1.54, 1.807) is 20.2 Å². The van der Waals surface area contributed by atoms with Gasteiger partial charge in [-0.25, -0.2) is 4.79 Å². The van der Waals surface area contributed by atoms with Crippen molar-refractivity contribution >= 4 is 29.2 Å². The summed E-state index contributed by atoms with van der Waals surface area (Å²) in [4.78, 5) is 30.9. The van der Waals surface area contributed by atoms with Crippen molar-refractivity contribution in [3.8, 4) is 0 Å². The number of likely N-dealkylation sites (tertiary alicyclic amines) is 2. The molecule has 3 amide bonds. The maximum absolute atomic E-state index is 12.8. The van der Waals surface area contributed by atoms with E-state index in [2.05, 4.69) is 4.90 Å². The van der Waals surface area contributed by atoms with Crippen molar-refractivity contribution in [1.29, 1.82) is 0 Å². The van der Waals surface area contributed by atoms with E-state index in [0.29, 0.717) is 36.5 Å². The Morgan fingerprint density at radius 1 is 1.03 bits per heavy atom. The molecule has 0 aromatic heterocycles. The lowest BCUT2D eigenvalue weighted by molar-refractivity contribution is -0.294. The fourth-order valence-corrected chi connectivity index (χ4v) is 5.18. The number of amides is 3. The van der Waals surface area contributed by atoms with Gasteiger partial charge in [0.2, 0.25) is 0 Å². The normalized spacial score (nSPS) is 21.4. The van der Waals surface area contributed by atoms with Crippen LogP contribution in [0.5, 0.6) is 0 Å². The second-order valence-corrected chi connectivity index (χ2v) is 10.4. The number of hydrogen-bond donors (Lipinski definition) is 1. The van der Waals surface area contributed by atoms with Crippen LogP contribution in [0.4, 0.5) is 23.7 Å². The third kappa shape index (κ3) is 5.52. The summed E-state index contributed by atoms with van der Waals surface area (Å²) in [5, 5.41) is 9.99. The first-order valence-electron chi connectivity index (χ1n) is 12.1. The van der Waals surface area contributed by atoms with Gasteiger partial charge in [-0.2, -0.15) is 13.2 Å². The topological polar surface area (TPSA) is 76.6 Å². The number of aliphatic hydroxyl groups is 1. The van der Waals surface area contributed by atoms with E-state index in [9.17, 15) is 27.9 Å². The van der Waals surface area contributed by atoms with Gasteiger partial charge in [0.1, 0.15) is 0 Å². The lowest BCUT2D eigenvalue weighted by Crippen LogP contribution is -2.71. The average molecular weight is 533 g/mol. The second kappa shape index (κ2) is 10.3. The number of hydrogen-bond acceptors (Lipinski definition) is 5.